The Morgan fingerprint density at radius 1 is 1.10 bits per heavy atom. The summed E-state index contributed by atoms with van der Waals surface area (Å²) in [4.78, 5) is 12.8. The van der Waals surface area contributed by atoms with Crippen molar-refractivity contribution >= 4 is 45.2 Å². The molecule has 31 heavy (non-hydrogen) atoms. The summed E-state index contributed by atoms with van der Waals surface area (Å²) in [6.07, 6.45) is 9.94. The first-order valence-electron chi connectivity index (χ1n) is 11.7. The van der Waals surface area contributed by atoms with Gasteiger partial charge < -0.3 is 10.4 Å². The Morgan fingerprint density at radius 3 is 2.23 bits per heavy atom. The second-order valence-electron chi connectivity index (χ2n) is 9.49. The molecule has 2 N–H and O–H groups in total. The molecule has 0 fully saturated rings. The molecule has 0 aliphatic heterocycles. The minimum Gasteiger partial charge on any atom is -0.392 e. The van der Waals surface area contributed by atoms with Gasteiger partial charge in [0.25, 0.3) is 0 Å². The van der Waals surface area contributed by atoms with Gasteiger partial charge in [0.15, 0.2) is 0 Å². The van der Waals surface area contributed by atoms with E-state index < -0.39 is 16.9 Å². The molecule has 0 heterocycles. The summed E-state index contributed by atoms with van der Waals surface area (Å²) in [6.45, 7) is 11.7. The molecule has 0 saturated heterocycles. The summed E-state index contributed by atoms with van der Waals surface area (Å²) in [5, 5.41) is 21.9. The van der Waals surface area contributed by atoms with E-state index in [0.29, 0.717) is 11.7 Å². The quantitative estimate of drug-likeness (QED) is 0.189. The number of thiocarbonyl (C=S) groups is 1. The fourth-order valence-electron chi connectivity index (χ4n) is 3.08. The van der Waals surface area contributed by atoms with Gasteiger partial charge in [0, 0.05) is 18.1 Å². The van der Waals surface area contributed by atoms with Gasteiger partial charge in [-0.2, -0.15) is 5.26 Å². The van der Waals surface area contributed by atoms with Crippen LogP contribution < -0.4 is 5.32 Å². The Balaban J connectivity index is 4.45. The molecule has 3 atom stereocenters. The van der Waals surface area contributed by atoms with Crippen LogP contribution in [0.4, 0.5) is 0 Å². The van der Waals surface area contributed by atoms with Crippen molar-refractivity contribution in [1.29, 1.82) is 5.26 Å². The molecule has 0 rings (SSSR count). The van der Waals surface area contributed by atoms with Gasteiger partial charge in [-0.05, 0) is 40.0 Å². The smallest absolute Gasteiger partial charge is 0.228 e. The van der Waals surface area contributed by atoms with Crippen LogP contribution in [0.25, 0.3) is 0 Å². The number of carbonyl (C=O) groups excluding carboxylic acids is 1. The molecule has 180 valence electrons. The van der Waals surface area contributed by atoms with E-state index in [0.717, 1.165) is 9.28 Å². The number of nitriles is 1. The first-order valence-corrected chi connectivity index (χ1v) is 14.0. The van der Waals surface area contributed by atoms with Crippen molar-refractivity contribution in [1.82, 2.24) is 5.32 Å². The number of rotatable bonds is 16. The van der Waals surface area contributed by atoms with Crippen molar-refractivity contribution in [3.05, 3.63) is 0 Å². The summed E-state index contributed by atoms with van der Waals surface area (Å²) in [6, 6.07) is 2.28. The fourth-order valence-corrected chi connectivity index (χ4v) is 5.66. The van der Waals surface area contributed by atoms with E-state index in [1.165, 1.54) is 63.1 Å². The standard InChI is InChI=1S/C24H44N2O2S3/c1-7-8-9-10-11-12-13-14-19(2)16-30-22(29)31-18-24(6,23(4,5)17-25)21(28)26-15-20(3)27/h19-20,27H,7-16,18H2,1-6H3,(H,26,28). The second kappa shape index (κ2) is 16.3. The number of nitrogens with one attached hydrogen (secondary N) is 1. The monoisotopic (exact) mass is 488 g/mol. The minimum absolute atomic E-state index is 0.177. The summed E-state index contributed by atoms with van der Waals surface area (Å²) < 4.78 is 0.828. The van der Waals surface area contributed by atoms with E-state index in [9.17, 15) is 15.2 Å². The molecule has 0 spiro atoms. The third-order valence-electron chi connectivity index (χ3n) is 5.98. The minimum atomic E-state index is -0.907. The predicted octanol–water partition coefficient (Wildman–Crippen LogP) is 6.57. The molecule has 0 aromatic carbocycles. The van der Waals surface area contributed by atoms with Crippen molar-refractivity contribution in [2.75, 3.05) is 18.1 Å². The SMILES string of the molecule is CCCCCCCCCC(C)CSC(=S)SCC(C)(C(=O)NCC(C)O)C(C)(C)C#N. The van der Waals surface area contributed by atoms with E-state index in [1.54, 1.807) is 32.5 Å². The highest BCUT2D eigenvalue weighted by atomic mass is 32.2. The van der Waals surface area contributed by atoms with Crippen molar-refractivity contribution in [2.45, 2.75) is 99.0 Å². The number of aliphatic hydroxyl groups excluding tert-OH is 1. The zero-order chi connectivity index (χ0) is 23.9. The number of aliphatic hydroxyl groups is 1. The van der Waals surface area contributed by atoms with Crippen molar-refractivity contribution in [3.63, 3.8) is 0 Å². The maximum absolute atomic E-state index is 12.8. The second-order valence-corrected chi connectivity index (χ2v) is 12.7. The lowest BCUT2D eigenvalue weighted by atomic mass is 9.68. The number of hydrogen-bond donors (Lipinski definition) is 2. The number of hydrogen-bond acceptors (Lipinski definition) is 6. The number of thioether (sulfide) groups is 2. The maximum Gasteiger partial charge on any atom is 0.228 e. The van der Waals surface area contributed by atoms with Crippen LogP contribution in [0.15, 0.2) is 0 Å². The Labute approximate surface area is 205 Å². The van der Waals surface area contributed by atoms with Crippen LogP contribution in [-0.4, -0.2) is 38.7 Å². The normalized spacial score (nSPS) is 15.5. The van der Waals surface area contributed by atoms with Gasteiger partial charge in [-0.3, -0.25) is 4.79 Å². The Kier molecular flexibility index (Phi) is 16.2. The number of unbranched alkanes of at least 4 members (excludes halogenated alkanes) is 6. The highest BCUT2D eigenvalue weighted by molar-refractivity contribution is 8.47. The van der Waals surface area contributed by atoms with Crippen molar-refractivity contribution < 1.29 is 9.90 Å². The molecule has 7 heteroatoms. The highest BCUT2D eigenvalue weighted by Crippen LogP contribution is 2.42. The van der Waals surface area contributed by atoms with E-state index in [-0.39, 0.29) is 12.5 Å². The number of carbonyl (C=O) groups is 1. The first-order chi connectivity index (χ1) is 14.5. The largest absolute Gasteiger partial charge is 0.392 e. The van der Waals surface area contributed by atoms with Crippen LogP contribution >= 0.6 is 35.7 Å². The van der Waals surface area contributed by atoms with Gasteiger partial charge in [-0.25, -0.2) is 0 Å². The summed E-state index contributed by atoms with van der Waals surface area (Å²) in [7, 11) is 0. The Hall–Kier alpha value is -0.290. The van der Waals surface area contributed by atoms with E-state index in [2.05, 4.69) is 25.2 Å². The Morgan fingerprint density at radius 2 is 1.68 bits per heavy atom. The molecule has 0 aliphatic carbocycles. The predicted molar refractivity (Wildman–Crippen MR) is 141 cm³/mol. The van der Waals surface area contributed by atoms with Crippen LogP contribution in [-0.2, 0) is 4.79 Å². The van der Waals surface area contributed by atoms with Gasteiger partial charge in [0.2, 0.25) is 5.91 Å². The zero-order valence-electron chi connectivity index (χ0n) is 20.5. The van der Waals surface area contributed by atoms with E-state index in [1.807, 2.05) is 6.92 Å². The lowest BCUT2D eigenvalue weighted by Gasteiger charge is -2.38. The fraction of sp³-hybridized carbons (Fsp3) is 0.875. The van der Waals surface area contributed by atoms with Crippen molar-refractivity contribution in [2.24, 2.45) is 16.7 Å². The third-order valence-corrected chi connectivity index (χ3v) is 9.33. The Bertz CT molecular complexity index is 576. The number of amides is 1. The molecule has 0 bridgehead atoms. The highest BCUT2D eigenvalue weighted by Gasteiger charge is 2.47. The molecule has 1 amide bonds. The molecule has 0 aromatic heterocycles. The molecule has 4 nitrogen and oxygen atoms in total. The van der Waals surface area contributed by atoms with E-state index >= 15 is 0 Å². The summed E-state index contributed by atoms with van der Waals surface area (Å²) >= 11 is 8.74. The van der Waals surface area contributed by atoms with Crippen LogP contribution in [0.5, 0.6) is 0 Å². The molecular formula is C24H44N2O2S3. The lowest BCUT2D eigenvalue weighted by molar-refractivity contribution is -0.133. The average Bonchev–Trinajstić information content (AvgIpc) is 2.73. The summed E-state index contributed by atoms with van der Waals surface area (Å²) in [5.41, 5.74) is -1.76. The average molecular weight is 489 g/mol. The number of nitrogens with zero attached hydrogens (tertiary/aromatic N) is 1. The maximum atomic E-state index is 12.8. The molecule has 0 aliphatic rings. The molecule has 0 saturated carbocycles. The molecular weight excluding hydrogens is 444 g/mol. The zero-order valence-corrected chi connectivity index (χ0v) is 22.9. The van der Waals surface area contributed by atoms with Gasteiger partial charge in [-0.1, -0.05) is 71.0 Å². The van der Waals surface area contributed by atoms with E-state index in [4.69, 9.17) is 12.2 Å². The van der Waals surface area contributed by atoms with Gasteiger partial charge in [0.05, 0.1) is 23.0 Å². The van der Waals surface area contributed by atoms with Crippen LogP contribution in [0.2, 0.25) is 0 Å². The van der Waals surface area contributed by atoms with Crippen molar-refractivity contribution in [3.8, 4) is 6.07 Å². The van der Waals surface area contributed by atoms with Gasteiger partial charge in [-0.15, -0.1) is 23.5 Å². The van der Waals surface area contributed by atoms with Gasteiger partial charge in [0.1, 0.15) is 3.53 Å². The lowest BCUT2D eigenvalue weighted by Crippen LogP contribution is -2.51. The molecule has 3 unspecified atom stereocenters. The molecule has 0 aromatic rings. The van der Waals surface area contributed by atoms with Crippen LogP contribution in [0, 0.1) is 28.1 Å². The molecule has 0 radical (unpaired) electrons. The van der Waals surface area contributed by atoms with Crippen LogP contribution in [0.1, 0.15) is 92.9 Å². The van der Waals surface area contributed by atoms with Gasteiger partial charge >= 0.3 is 0 Å². The van der Waals surface area contributed by atoms with Crippen LogP contribution in [0.3, 0.4) is 0 Å². The first kappa shape index (κ1) is 30.7. The third kappa shape index (κ3) is 12.5. The topological polar surface area (TPSA) is 73.1 Å². The summed E-state index contributed by atoms with van der Waals surface area (Å²) in [5.74, 6) is 1.84.